The summed E-state index contributed by atoms with van der Waals surface area (Å²) in [6.07, 6.45) is 1.93. The second kappa shape index (κ2) is 6.56. The van der Waals surface area contributed by atoms with Crippen LogP contribution in [0.5, 0.6) is 0 Å². The fourth-order valence-corrected chi connectivity index (χ4v) is 3.54. The number of hydrogen-bond donors (Lipinski definition) is 2. The summed E-state index contributed by atoms with van der Waals surface area (Å²) < 4.78 is 0. The number of amides is 1. The number of H-pyrrole nitrogens is 1. The van der Waals surface area contributed by atoms with E-state index in [2.05, 4.69) is 4.98 Å². The van der Waals surface area contributed by atoms with Crippen LogP contribution in [-0.2, 0) is 11.2 Å². The minimum absolute atomic E-state index is 0.0564. The van der Waals surface area contributed by atoms with Crippen molar-refractivity contribution in [3.8, 4) is 0 Å². The first kappa shape index (κ1) is 17.2. The number of hydrogen-bond acceptors (Lipinski definition) is 3. The van der Waals surface area contributed by atoms with Crippen LogP contribution in [0.4, 0.5) is 0 Å². The number of carbonyl (C=O) groups is 3. The van der Waals surface area contributed by atoms with E-state index < -0.39 is 11.9 Å². The number of aromatic amines is 1. The Hall–Kier alpha value is -2.11. The summed E-state index contributed by atoms with van der Waals surface area (Å²) in [6.45, 7) is 7.49. The molecular formula is C17H24N2O4. The molecule has 1 amide bonds. The van der Waals surface area contributed by atoms with Crippen LogP contribution in [0.3, 0.4) is 0 Å². The lowest BCUT2D eigenvalue weighted by Gasteiger charge is -2.23. The van der Waals surface area contributed by atoms with Gasteiger partial charge in [0.05, 0.1) is 5.92 Å². The highest BCUT2D eigenvalue weighted by Gasteiger charge is 2.39. The number of Topliss-reactive ketones (excluding diaryl/α,β-unsaturated/α-hetero) is 1. The van der Waals surface area contributed by atoms with E-state index in [1.807, 2.05) is 6.92 Å². The summed E-state index contributed by atoms with van der Waals surface area (Å²) in [5, 5.41) is 9.22. The van der Waals surface area contributed by atoms with Crippen LogP contribution in [0.15, 0.2) is 0 Å². The predicted molar refractivity (Wildman–Crippen MR) is 85.8 cm³/mol. The molecule has 0 aliphatic carbocycles. The highest BCUT2D eigenvalue weighted by molar-refractivity contribution is 6.03. The average molecular weight is 320 g/mol. The summed E-state index contributed by atoms with van der Waals surface area (Å²) in [5.41, 5.74) is 2.49. The Balaban J connectivity index is 2.38. The number of carboxylic acid groups (broad SMARTS) is 1. The minimum atomic E-state index is -0.867. The van der Waals surface area contributed by atoms with E-state index in [0.29, 0.717) is 36.3 Å². The van der Waals surface area contributed by atoms with Crippen molar-refractivity contribution < 1.29 is 19.5 Å². The molecular weight excluding hydrogens is 296 g/mol. The number of aromatic nitrogens is 1. The molecule has 0 radical (unpaired) electrons. The van der Waals surface area contributed by atoms with Gasteiger partial charge in [0.2, 0.25) is 0 Å². The van der Waals surface area contributed by atoms with Gasteiger partial charge in [0, 0.05) is 23.8 Å². The number of nitrogens with one attached hydrogen (secondary N) is 1. The van der Waals surface area contributed by atoms with Gasteiger partial charge in [-0.3, -0.25) is 14.4 Å². The minimum Gasteiger partial charge on any atom is -0.481 e. The van der Waals surface area contributed by atoms with Crippen molar-refractivity contribution in [2.24, 2.45) is 5.92 Å². The van der Waals surface area contributed by atoms with Gasteiger partial charge in [-0.15, -0.1) is 0 Å². The van der Waals surface area contributed by atoms with E-state index in [1.54, 1.807) is 18.7 Å². The lowest BCUT2D eigenvalue weighted by atomic mass is 10.00. The van der Waals surface area contributed by atoms with Gasteiger partial charge in [0.15, 0.2) is 5.78 Å². The third-order valence-electron chi connectivity index (χ3n) is 4.69. The Kier molecular flexibility index (Phi) is 4.92. The lowest BCUT2D eigenvalue weighted by molar-refractivity contribution is -0.142. The number of carbonyl (C=O) groups excluding carboxylic acids is 2. The average Bonchev–Trinajstić information content (AvgIpc) is 2.99. The van der Waals surface area contributed by atoms with Crippen molar-refractivity contribution in [3.63, 3.8) is 0 Å². The summed E-state index contributed by atoms with van der Waals surface area (Å²) in [4.78, 5) is 40.7. The highest BCUT2D eigenvalue weighted by Crippen LogP contribution is 2.29. The number of carboxylic acids is 1. The topological polar surface area (TPSA) is 90.5 Å². The van der Waals surface area contributed by atoms with E-state index in [4.69, 9.17) is 0 Å². The van der Waals surface area contributed by atoms with Gasteiger partial charge in [-0.2, -0.15) is 0 Å². The van der Waals surface area contributed by atoms with Gasteiger partial charge >= 0.3 is 5.97 Å². The third kappa shape index (κ3) is 3.02. The van der Waals surface area contributed by atoms with Crippen molar-refractivity contribution >= 4 is 17.7 Å². The molecule has 126 valence electrons. The number of ketones is 1. The summed E-state index contributed by atoms with van der Waals surface area (Å²) in [5.74, 6) is -1.66. The summed E-state index contributed by atoms with van der Waals surface area (Å²) >= 11 is 0. The normalized spacial score (nSPS) is 20.8. The van der Waals surface area contributed by atoms with Crippen molar-refractivity contribution in [2.75, 3.05) is 6.54 Å². The molecule has 6 heteroatoms. The highest BCUT2D eigenvalue weighted by atomic mass is 16.4. The molecule has 0 spiro atoms. The third-order valence-corrected chi connectivity index (χ3v) is 4.69. The van der Waals surface area contributed by atoms with Gasteiger partial charge < -0.3 is 15.0 Å². The Morgan fingerprint density at radius 2 is 2.00 bits per heavy atom. The Morgan fingerprint density at radius 3 is 2.48 bits per heavy atom. The maximum absolute atomic E-state index is 12.9. The lowest BCUT2D eigenvalue weighted by Crippen LogP contribution is -2.38. The van der Waals surface area contributed by atoms with Crippen LogP contribution in [0.2, 0.25) is 0 Å². The number of aryl methyl sites for hydroxylation is 1. The van der Waals surface area contributed by atoms with Crippen LogP contribution in [0.25, 0.3) is 0 Å². The zero-order valence-corrected chi connectivity index (χ0v) is 14.1. The van der Waals surface area contributed by atoms with Crippen LogP contribution in [0, 0.1) is 12.8 Å². The second-order valence-electron chi connectivity index (χ2n) is 6.26. The molecule has 2 heterocycles. The molecule has 1 aliphatic heterocycles. The van der Waals surface area contributed by atoms with Crippen molar-refractivity contribution in [1.29, 1.82) is 0 Å². The zero-order chi connectivity index (χ0) is 17.3. The molecule has 1 aliphatic rings. The van der Waals surface area contributed by atoms with E-state index in [1.165, 1.54) is 6.92 Å². The molecule has 2 atom stereocenters. The zero-order valence-electron chi connectivity index (χ0n) is 14.1. The molecule has 1 fully saturated rings. The van der Waals surface area contributed by atoms with Crippen LogP contribution < -0.4 is 0 Å². The maximum atomic E-state index is 12.9. The number of nitrogens with zero attached hydrogens (tertiary/aromatic N) is 1. The molecule has 2 rings (SSSR count). The first-order valence-electron chi connectivity index (χ1n) is 8.05. The van der Waals surface area contributed by atoms with E-state index in [9.17, 15) is 19.5 Å². The Labute approximate surface area is 135 Å². The molecule has 23 heavy (non-hydrogen) atoms. The first-order chi connectivity index (χ1) is 10.8. The maximum Gasteiger partial charge on any atom is 0.308 e. The predicted octanol–water partition coefficient (Wildman–Crippen LogP) is 2.41. The molecule has 6 nitrogen and oxygen atoms in total. The van der Waals surface area contributed by atoms with Gasteiger partial charge in [-0.1, -0.05) is 13.3 Å². The smallest absolute Gasteiger partial charge is 0.308 e. The fourth-order valence-electron chi connectivity index (χ4n) is 3.54. The second-order valence-corrected chi connectivity index (χ2v) is 6.26. The SMILES string of the molecule is CCCc1c(C(=O)N2CCC(C(=O)O)C2C)[nH]c(C)c1C(C)=O. The summed E-state index contributed by atoms with van der Waals surface area (Å²) in [6, 6.07) is -0.348. The van der Waals surface area contributed by atoms with Crippen LogP contribution in [0.1, 0.15) is 65.7 Å². The van der Waals surface area contributed by atoms with Crippen molar-refractivity contribution in [2.45, 2.75) is 53.0 Å². The summed E-state index contributed by atoms with van der Waals surface area (Å²) in [7, 11) is 0. The molecule has 0 bridgehead atoms. The largest absolute Gasteiger partial charge is 0.481 e. The van der Waals surface area contributed by atoms with E-state index in [-0.39, 0.29) is 17.7 Å². The van der Waals surface area contributed by atoms with Gasteiger partial charge in [0.1, 0.15) is 5.69 Å². The number of aliphatic carboxylic acids is 1. The quantitative estimate of drug-likeness (QED) is 0.815. The van der Waals surface area contributed by atoms with Crippen LogP contribution >= 0.6 is 0 Å². The van der Waals surface area contributed by atoms with Gasteiger partial charge in [-0.25, -0.2) is 0 Å². The first-order valence-corrected chi connectivity index (χ1v) is 8.05. The van der Waals surface area contributed by atoms with Gasteiger partial charge in [-0.05, 0) is 39.2 Å². The molecule has 0 saturated carbocycles. The molecule has 2 unspecified atom stereocenters. The van der Waals surface area contributed by atoms with E-state index >= 15 is 0 Å². The monoisotopic (exact) mass is 320 g/mol. The molecule has 1 aromatic heterocycles. The van der Waals surface area contributed by atoms with E-state index in [0.717, 1.165) is 12.0 Å². The molecule has 0 aromatic carbocycles. The molecule has 1 aromatic rings. The number of rotatable bonds is 5. The number of likely N-dealkylation sites (tertiary alicyclic amines) is 1. The van der Waals surface area contributed by atoms with Crippen molar-refractivity contribution in [3.05, 3.63) is 22.5 Å². The van der Waals surface area contributed by atoms with Crippen molar-refractivity contribution in [1.82, 2.24) is 9.88 Å². The standard InChI is InChI=1S/C17H24N2O4/c1-5-6-13-14(11(4)20)9(2)18-15(13)16(21)19-8-7-12(10(19)3)17(22)23/h10,12,18H,5-8H2,1-4H3,(H,22,23). The fraction of sp³-hybridized carbons (Fsp3) is 0.588. The van der Waals surface area contributed by atoms with Gasteiger partial charge in [0.25, 0.3) is 5.91 Å². The Bertz CT molecular complexity index is 647. The van der Waals surface area contributed by atoms with Crippen LogP contribution in [-0.4, -0.2) is 45.2 Å². The molecule has 2 N–H and O–H groups in total. The Morgan fingerprint density at radius 1 is 1.35 bits per heavy atom. The molecule has 1 saturated heterocycles.